The number of nitrogen functional groups attached to an aromatic ring is 1. The summed E-state index contributed by atoms with van der Waals surface area (Å²) in [5.74, 6) is 0.555. The summed E-state index contributed by atoms with van der Waals surface area (Å²) in [5, 5.41) is 0. The molecule has 2 aromatic heterocycles. The van der Waals surface area contributed by atoms with Crippen molar-refractivity contribution in [3.63, 3.8) is 0 Å². The van der Waals surface area contributed by atoms with Gasteiger partial charge in [0.05, 0.1) is 18.2 Å². The van der Waals surface area contributed by atoms with E-state index in [9.17, 15) is 0 Å². The van der Waals surface area contributed by atoms with Gasteiger partial charge in [0, 0.05) is 18.3 Å². The molecule has 1 saturated carbocycles. The Kier molecular flexibility index (Phi) is 3.01. The SMILES string of the molecule is CCC1(Cn2cncc2-c2ccnc(N)c2)CCC1. The van der Waals surface area contributed by atoms with Gasteiger partial charge < -0.3 is 10.3 Å². The lowest BCUT2D eigenvalue weighted by molar-refractivity contribution is 0.101. The second kappa shape index (κ2) is 4.68. The maximum atomic E-state index is 5.76. The molecule has 4 nitrogen and oxygen atoms in total. The van der Waals surface area contributed by atoms with Crippen molar-refractivity contribution in [2.24, 2.45) is 5.41 Å². The van der Waals surface area contributed by atoms with Crippen molar-refractivity contribution in [3.8, 4) is 11.3 Å². The molecule has 0 aromatic carbocycles. The molecule has 100 valence electrons. The highest BCUT2D eigenvalue weighted by atomic mass is 15.1. The van der Waals surface area contributed by atoms with Gasteiger partial charge in [0.25, 0.3) is 0 Å². The van der Waals surface area contributed by atoms with Gasteiger partial charge in [-0.3, -0.25) is 0 Å². The summed E-state index contributed by atoms with van der Waals surface area (Å²) in [4.78, 5) is 8.35. The molecule has 0 unspecified atom stereocenters. The Hall–Kier alpha value is -1.84. The van der Waals surface area contributed by atoms with E-state index in [1.807, 2.05) is 24.7 Å². The van der Waals surface area contributed by atoms with Gasteiger partial charge in [-0.05, 0) is 36.8 Å². The predicted molar refractivity (Wildman–Crippen MR) is 76.4 cm³/mol. The van der Waals surface area contributed by atoms with Gasteiger partial charge in [-0.1, -0.05) is 13.3 Å². The second-order valence-electron chi connectivity index (χ2n) is 5.58. The molecule has 19 heavy (non-hydrogen) atoms. The smallest absolute Gasteiger partial charge is 0.123 e. The van der Waals surface area contributed by atoms with E-state index in [0.29, 0.717) is 11.2 Å². The third-order valence-electron chi connectivity index (χ3n) is 4.46. The first kappa shape index (κ1) is 12.2. The normalized spacial score (nSPS) is 17.1. The van der Waals surface area contributed by atoms with Gasteiger partial charge in [0.1, 0.15) is 5.82 Å². The average Bonchev–Trinajstić information content (AvgIpc) is 2.82. The fourth-order valence-corrected chi connectivity index (χ4v) is 2.96. The number of aromatic nitrogens is 3. The number of nitrogens with two attached hydrogens (primary N) is 1. The van der Waals surface area contributed by atoms with E-state index in [-0.39, 0.29) is 0 Å². The van der Waals surface area contributed by atoms with E-state index in [2.05, 4.69) is 21.5 Å². The maximum absolute atomic E-state index is 5.76. The first-order chi connectivity index (χ1) is 9.22. The standard InChI is InChI=1S/C15H20N4/c1-2-15(5-3-6-15)10-19-11-17-9-13(19)12-4-7-18-14(16)8-12/h4,7-9,11H,2-3,5-6,10H2,1H3,(H2,16,18). The van der Waals surface area contributed by atoms with E-state index in [1.54, 1.807) is 6.20 Å². The summed E-state index contributed by atoms with van der Waals surface area (Å²) >= 11 is 0. The Labute approximate surface area is 113 Å². The molecule has 0 atom stereocenters. The van der Waals surface area contributed by atoms with Crippen molar-refractivity contribution >= 4 is 5.82 Å². The number of imidazole rings is 1. The van der Waals surface area contributed by atoms with Crippen molar-refractivity contribution in [1.82, 2.24) is 14.5 Å². The summed E-state index contributed by atoms with van der Waals surface area (Å²) in [6.45, 7) is 3.35. The monoisotopic (exact) mass is 256 g/mol. The number of rotatable bonds is 4. The number of hydrogen-bond donors (Lipinski definition) is 1. The molecule has 0 saturated heterocycles. The zero-order valence-electron chi connectivity index (χ0n) is 11.3. The van der Waals surface area contributed by atoms with Crippen LogP contribution < -0.4 is 5.73 Å². The van der Waals surface area contributed by atoms with Gasteiger partial charge >= 0.3 is 0 Å². The van der Waals surface area contributed by atoms with Crippen LogP contribution >= 0.6 is 0 Å². The summed E-state index contributed by atoms with van der Waals surface area (Å²) in [5.41, 5.74) is 8.47. The largest absolute Gasteiger partial charge is 0.384 e. The van der Waals surface area contributed by atoms with E-state index in [1.165, 1.54) is 25.7 Å². The molecular formula is C15H20N4. The van der Waals surface area contributed by atoms with Gasteiger partial charge in [-0.25, -0.2) is 9.97 Å². The lowest BCUT2D eigenvalue weighted by Gasteiger charge is -2.41. The third kappa shape index (κ3) is 2.23. The summed E-state index contributed by atoms with van der Waals surface area (Å²) in [6.07, 6.45) is 10.9. The van der Waals surface area contributed by atoms with Crippen molar-refractivity contribution in [2.75, 3.05) is 5.73 Å². The molecule has 0 radical (unpaired) electrons. The minimum atomic E-state index is 0.480. The molecule has 0 spiro atoms. The Balaban J connectivity index is 1.90. The van der Waals surface area contributed by atoms with E-state index in [0.717, 1.165) is 17.8 Å². The molecule has 0 amide bonds. The Morgan fingerprint density at radius 1 is 1.42 bits per heavy atom. The molecule has 1 aliphatic rings. The topological polar surface area (TPSA) is 56.7 Å². The summed E-state index contributed by atoms with van der Waals surface area (Å²) in [6, 6.07) is 3.90. The van der Waals surface area contributed by atoms with Crippen LogP contribution in [0.15, 0.2) is 30.9 Å². The van der Waals surface area contributed by atoms with E-state index < -0.39 is 0 Å². The maximum Gasteiger partial charge on any atom is 0.123 e. The Morgan fingerprint density at radius 3 is 2.89 bits per heavy atom. The molecule has 4 heteroatoms. The fourth-order valence-electron chi connectivity index (χ4n) is 2.96. The molecule has 0 bridgehead atoms. The second-order valence-corrected chi connectivity index (χ2v) is 5.58. The average molecular weight is 256 g/mol. The van der Waals surface area contributed by atoms with E-state index >= 15 is 0 Å². The number of hydrogen-bond acceptors (Lipinski definition) is 3. The molecule has 0 aliphatic heterocycles. The number of pyridine rings is 1. The van der Waals surface area contributed by atoms with Crippen molar-refractivity contribution in [2.45, 2.75) is 39.2 Å². The van der Waals surface area contributed by atoms with Crippen LogP contribution in [-0.2, 0) is 6.54 Å². The van der Waals surface area contributed by atoms with Crippen LogP contribution in [-0.4, -0.2) is 14.5 Å². The highest BCUT2D eigenvalue weighted by Crippen LogP contribution is 2.45. The predicted octanol–water partition coefficient (Wildman–Crippen LogP) is 3.11. The van der Waals surface area contributed by atoms with Crippen LogP contribution in [0.5, 0.6) is 0 Å². The van der Waals surface area contributed by atoms with Crippen LogP contribution in [0.4, 0.5) is 5.82 Å². The zero-order valence-corrected chi connectivity index (χ0v) is 11.3. The summed E-state index contributed by atoms with van der Waals surface area (Å²) < 4.78 is 2.26. The van der Waals surface area contributed by atoms with Crippen molar-refractivity contribution in [1.29, 1.82) is 0 Å². The number of nitrogens with zero attached hydrogens (tertiary/aromatic N) is 3. The van der Waals surface area contributed by atoms with Crippen LogP contribution in [0.25, 0.3) is 11.3 Å². The highest BCUT2D eigenvalue weighted by Gasteiger charge is 2.35. The third-order valence-corrected chi connectivity index (χ3v) is 4.46. The quantitative estimate of drug-likeness (QED) is 0.914. The molecule has 2 aromatic rings. The van der Waals surface area contributed by atoms with Gasteiger partial charge in [-0.2, -0.15) is 0 Å². The van der Waals surface area contributed by atoms with Crippen LogP contribution in [0.3, 0.4) is 0 Å². The minimum Gasteiger partial charge on any atom is -0.384 e. The van der Waals surface area contributed by atoms with Crippen LogP contribution in [0.1, 0.15) is 32.6 Å². The first-order valence-corrected chi connectivity index (χ1v) is 6.94. The first-order valence-electron chi connectivity index (χ1n) is 6.94. The molecule has 2 heterocycles. The molecule has 1 fully saturated rings. The lowest BCUT2D eigenvalue weighted by Crippen LogP contribution is -2.33. The zero-order chi connectivity index (χ0) is 13.3. The Bertz CT molecular complexity index is 564. The lowest BCUT2D eigenvalue weighted by atomic mass is 9.67. The van der Waals surface area contributed by atoms with Gasteiger partial charge in [0.15, 0.2) is 0 Å². The van der Waals surface area contributed by atoms with Crippen molar-refractivity contribution in [3.05, 3.63) is 30.9 Å². The van der Waals surface area contributed by atoms with Crippen LogP contribution in [0.2, 0.25) is 0 Å². The van der Waals surface area contributed by atoms with E-state index in [4.69, 9.17) is 5.73 Å². The molecule has 1 aliphatic carbocycles. The Morgan fingerprint density at radius 2 is 2.26 bits per heavy atom. The van der Waals surface area contributed by atoms with Gasteiger partial charge in [0.2, 0.25) is 0 Å². The summed E-state index contributed by atoms with van der Waals surface area (Å²) in [7, 11) is 0. The molecule has 3 rings (SSSR count). The fraction of sp³-hybridized carbons (Fsp3) is 0.467. The van der Waals surface area contributed by atoms with Crippen molar-refractivity contribution < 1.29 is 0 Å². The minimum absolute atomic E-state index is 0.480. The number of anilines is 1. The molecule has 2 N–H and O–H groups in total. The van der Waals surface area contributed by atoms with Gasteiger partial charge in [-0.15, -0.1) is 0 Å². The highest BCUT2D eigenvalue weighted by molar-refractivity contribution is 5.61. The molecular weight excluding hydrogens is 236 g/mol. The van der Waals surface area contributed by atoms with Crippen LogP contribution in [0, 0.1) is 5.41 Å².